The fourth-order valence-electron chi connectivity index (χ4n) is 3.99. The fraction of sp³-hybridized carbons (Fsp3) is 0.808. The summed E-state index contributed by atoms with van der Waals surface area (Å²) in [6.45, 7) is 14.9. The second-order valence-electron chi connectivity index (χ2n) is 9.39. The number of rotatable bonds is 6. The van der Waals surface area contributed by atoms with Crippen LogP contribution < -0.4 is 4.57 Å². The van der Waals surface area contributed by atoms with Crippen molar-refractivity contribution in [2.45, 2.75) is 117 Å². The third kappa shape index (κ3) is 9.33. The van der Waals surface area contributed by atoms with E-state index in [2.05, 4.69) is 69.4 Å². The molecule has 2 amide bonds. The molecule has 2 aliphatic heterocycles. The van der Waals surface area contributed by atoms with Gasteiger partial charge in [0, 0.05) is 38.0 Å². The zero-order chi connectivity index (χ0) is 24.1. The maximum absolute atomic E-state index is 11.5. The zero-order valence-corrected chi connectivity index (χ0v) is 21.8. The van der Waals surface area contributed by atoms with Crippen LogP contribution in [0.25, 0.3) is 0 Å². The molecular weight excluding hydrogens is 400 g/mol. The first-order valence-electron chi connectivity index (χ1n) is 12.9. The number of amides is 2. The SMILES string of the molecule is CCC(C)N1CCCC1=O.CCC(C)N1CCCCCC1=O.CCC(C)n1cc[n+](C)c1. The first kappa shape index (κ1) is 28.2. The van der Waals surface area contributed by atoms with Crippen molar-refractivity contribution < 1.29 is 14.2 Å². The van der Waals surface area contributed by atoms with E-state index in [-0.39, 0.29) is 0 Å². The summed E-state index contributed by atoms with van der Waals surface area (Å²) in [5, 5.41) is 0. The fourth-order valence-corrected chi connectivity index (χ4v) is 3.99. The number of hydrogen-bond acceptors (Lipinski definition) is 2. The second kappa shape index (κ2) is 15.1. The van der Waals surface area contributed by atoms with Crippen molar-refractivity contribution in [1.29, 1.82) is 0 Å². The quantitative estimate of drug-likeness (QED) is 0.581. The third-order valence-electron chi connectivity index (χ3n) is 6.85. The van der Waals surface area contributed by atoms with Gasteiger partial charge < -0.3 is 9.80 Å². The zero-order valence-electron chi connectivity index (χ0n) is 21.8. The Morgan fingerprint density at radius 3 is 1.72 bits per heavy atom. The minimum Gasteiger partial charge on any atom is -0.340 e. The van der Waals surface area contributed by atoms with Gasteiger partial charge in [-0.15, -0.1) is 0 Å². The average Bonchev–Trinajstić information content (AvgIpc) is 3.37. The molecule has 3 atom stereocenters. The summed E-state index contributed by atoms with van der Waals surface area (Å²) >= 11 is 0. The number of aromatic nitrogens is 2. The molecule has 0 bridgehead atoms. The van der Waals surface area contributed by atoms with Crippen molar-refractivity contribution in [3.05, 3.63) is 18.7 Å². The Morgan fingerprint density at radius 2 is 1.28 bits per heavy atom. The second-order valence-corrected chi connectivity index (χ2v) is 9.39. The molecule has 0 saturated carbocycles. The van der Waals surface area contributed by atoms with Gasteiger partial charge in [0.25, 0.3) is 0 Å². The van der Waals surface area contributed by atoms with Crippen LogP contribution in [0.2, 0.25) is 0 Å². The number of nitrogens with zero attached hydrogens (tertiary/aromatic N) is 4. The number of hydrogen-bond donors (Lipinski definition) is 0. The first-order valence-corrected chi connectivity index (χ1v) is 12.9. The maximum atomic E-state index is 11.5. The topological polar surface area (TPSA) is 49.4 Å². The summed E-state index contributed by atoms with van der Waals surface area (Å²) in [6, 6.07) is 1.52. The average molecular weight is 450 g/mol. The summed E-state index contributed by atoms with van der Waals surface area (Å²) in [6.07, 6.45) is 15.7. The van der Waals surface area contributed by atoms with Crippen LogP contribution in [0.1, 0.15) is 105 Å². The van der Waals surface area contributed by atoms with Crippen molar-refractivity contribution in [3.63, 3.8) is 0 Å². The number of imidazole rings is 1. The van der Waals surface area contributed by atoms with Crippen LogP contribution in [0.3, 0.4) is 0 Å². The lowest BCUT2D eigenvalue weighted by atomic mass is 10.2. The van der Waals surface area contributed by atoms with Crippen LogP contribution >= 0.6 is 0 Å². The lowest BCUT2D eigenvalue weighted by Gasteiger charge is -2.26. The predicted octanol–water partition coefficient (Wildman–Crippen LogP) is 4.88. The molecule has 0 N–H and O–H groups in total. The number of likely N-dealkylation sites (tertiary alicyclic amines) is 2. The van der Waals surface area contributed by atoms with Crippen molar-refractivity contribution >= 4 is 11.8 Å². The highest BCUT2D eigenvalue weighted by atomic mass is 16.2. The highest BCUT2D eigenvalue weighted by Gasteiger charge is 2.23. The number of carbonyl (C=O) groups excluding carboxylic acids is 2. The van der Waals surface area contributed by atoms with E-state index in [4.69, 9.17) is 0 Å². The monoisotopic (exact) mass is 449 g/mol. The van der Waals surface area contributed by atoms with Gasteiger partial charge in [-0.05, 0) is 59.3 Å². The molecule has 3 heterocycles. The summed E-state index contributed by atoms with van der Waals surface area (Å²) < 4.78 is 4.28. The van der Waals surface area contributed by atoms with Crippen molar-refractivity contribution in [1.82, 2.24) is 14.4 Å². The molecule has 32 heavy (non-hydrogen) atoms. The first-order chi connectivity index (χ1) is 15.2. The predicted molar refractivity (Wildman–Crippen MR) is 131 cm³/mol. The summed E-state index contributed by atoms with van der Waals surface area (Å²) in [5.74, 6) is 0.705. The molecule has 3 unspecified atom stereocenters. The summed E-state index contributed by atoms with van der Waals surface area (Å²) in [7, 11) is 2.04. The van der Waals surface area contributed by atoms with Crippen LogP contribution in [0, 0.1) is 0 Å². The lowest BCUT2D eigenvalue weighted by Crippen LogP contribution is -2.37. The van der Waals surface area contributed by atoms with Crippen molar-refractivity contribution in [2.75, 3.05) is 13.1 Å². The Hall–Kier alpha value is -1.85. The highest BCUT2D eigenvalue weighted by molar-refractivity contribution is 5.78. The van der Waals surface area contributed by atoms with E-state index in [9.17, 15) is 9.59 Å². The molecule has 2 saturated heterocycles. The molecule has 2 fully saturated rings. The minimum atomic E-state index is 0.342. The molecule has 0 aliphatic carbocycles. The van der Waals surface area contributed by atoms with Crippen LogP contribution in [0.15, 0.2) is 18.7 Å². The molecule has 1 aromatic rings. The van der Waals surface area contributed by atoms with Gasteiger partial charge in [0.2, 0.25) is 18.1 Å². The Labute approximate surface area is 197 Å². The van der Waals surface area contributed by atoms with Gasteiger partial charge >= 0.3 is 0 Å². The van der Waals surface area contributed by atoms with Gasteiger partial charge in [-0.25, -0.2) is 9.13 Å². The van der Waals surface area contributed by atoms with Crippen molar-refractivity contribution in [3.8, 4) is 0 Å². The van der Waals surface area contributed by atoms with Crippen LogP contribution in [0.5, 0.6) is 0 Å². The Bertz CT molecular complexity index is 673. The lowest BCUT2D eigenvalue weighted by molar-refractivity contribution is -0.671. The maximum Gasteiger partial charge on any atom is 0.243 e. The highest BCUT2D eigenvalue weighted by Crippen LogP contribution is 2.15. The molecule has 0 spiro atoms. The van der Waals surface area contributed by atoms with Crippen molar-refractivity contribution in [2.24, 2.45) is 7.05 Å². The molecule has 0 radical (unpaired) electrons. The molecule has 6 heteroatoms. The molecule has 3 rings (SSSR count). The van der Waals surface area contributed by atoms with E-state index < -0.39 is 0 Å². The van der Waals surface area contributed by atoms with E-state index in [0.717, 1.165) is 51.6 Å². The Kier molecular flexibility index (Phi) is 13.3. The van der Waals surface area contributed by atoms with E-state index in [0.29, 0.717) is 29.9 Å². The van der Waals surface area contributed by atoms with Crippen LogP contribution in [0.4, 0.5) is 0 Å². The van der Waals surface area contributed by atoms with E-state index in [1.165, 1.54) is 19.3 Å². The normalized spacial score (nSPS) is 19.3. The van der Waals surface area contributed by atoms with Crippen LogP contribution in [-0.4, -0.2) is 51.4 Å². The molecule has 2 aliphatic rings. The molecule has 1 aromatic heterocycles. The summed E-state index contributed by atoms with van der Waals surface area (Å²) in [4.78, 5) is 26.7. The molecule has 6 nitrogen and oxygen atoms in total. The number of carbonyl (C=O) groups is 2. The van der Waals surface area contributed by atoms with E-state index >= 15 is 0 Å². The summed E-state index contributed by atoms with van der Waals surface area (Å²) in [5.41, 5.74) is 0. The largest absolute Gasteiger partial charge is 0.340 e. The number of aryl methyl sites for hydroxylation is 1. The Morgan fingerprint density at radius 1 is 0.781 bits per heavy atom. The van der Waals surface area contributed by atoms with Gasteiger partial charge in [0.1, 0.15) is 12.4 Å². The molecule has 0 aromatic carbocycles. The molecular formula is C26H49N4O2+. The van der Waals surface area contributed by atoms with Gasteiger partial charge in [-0.1, -0.05) is 27.2 Å². The van der Waals surface area contributed by atoms with E-state index in [1.54, 1.807) is 0 Å². The smallest absolute Gasteiger partial charge is 0.243 e. The van der Waals surface area contributed by atoms with Gasteiger partial charge in [-0.3, -0.25) is 9.59 Å². The third-order valence-corrected chi connectivity index (χ3v) is 6.85. The van der Waals surface area contributed by atoms with Gasteiger partial charge in [0.05, 0.1) is 13.1 Å². The Balaban J connectivity index is 0.000000241. The van der Waals surface area contributed by atoms with Gasteiger partial charge in [0.15, 0.2) is 0 Å². The molecule has 184 valence electrons. The standard InChI is InChI=1S/C10H19NO.C8H15N2.C8H15NO/c1-3-9(2)11-8-6-4-5-7-10(11)12;1-4-8(2)10-6-5-9(3)7-10;1-3-7(2)9-6-4-5-8(9)10/h9H,3-8H2,1-2H3;5-8H,4H2,1-3H3;7H,3-6H2,1-2H3/q;+1;. The van der Waals surface area contributed by atoms with Gasteiger partial charge in [-0.2, -0.15) is 0 Å². The van der Waals surface area contributed by atoms with E-state index in [1.807, 2.05) is 16.8 Å². The minimum absolute atomic E-state index is 0.342. The van der Waals surface area contributed by atoms with Crippen LogP contribution in [-0.2, 0) is 16.6 Å².